The third-order valence-corrected chi connectivity index (χ3v) is 3.75. The fraction of sp³-hybridized carbons (Fsp3) is 0.235. The highest BCUT2D eigenvalue weighted by Crippen LogP contribution is 2.20. The van der Waals surface area contributed by atoms with Crippen LogP contribution in [-0.4, -0.2) is 19.0 Å². The maximum Gasteiger partial charge on any atom is 0.191 e. The molecule has 1 atom stereocenters. The maximum atomic E-state index is 6.09. The summed E-state index contributed by atoms with van der Waals surface area (Å²) >= 11 is 6.09. The van der Waals surface area contributed by atoms with E-state index in [0.717, 1.165) is 30.5 Å². The Hall–Kier alpha value is -1.71. The normalized spacial score (nSPS) is 14.5. The first-order chi connectivity index (χ1) is 10.3. The van der Waals surface area contributed by atoms with E-state index < -0.39 is 0 Å². The number of halogens is 2. The zero-order chi connectivity index (χ0) is 14.5. The zero-order valence-corrected chi connectivity index (χ0v) is 13.7. The lowest BCUT2D eigenvalue weighted by Crippen LogP contribution is -2.37. The standard InChI is InChI=1S/C17H18ClN3.ClH/c18-15-8-4-5-13(11-15)12-16(14-6-2-1-3-7-14)21-17-19-9-10-20-17;/h1-8,11,16H,9-10,12H2,(H2,19,20,21);1H. The maximum absolute atomic E-state index is 6.09. The molecular weight excluding hydrogens is 317 g/mol. The summed E-state index contributed by atoms with van der Waals surface area (Å²) in [6.45, 7) is 1.74. The largest absolute Gasteiger partial charge is 0.355 e. The highest BCUT2D eigenvalue weighted by molar-refractivity contribution is 6.30. The summed E-state index contributed by atoms with van der Waals surface area (Å²) in [5.74, 6) is 0.880. The van der Waals surface area contributed by atoms with E-state index in [1.54, 1.807) is 0 Å². The first-order valence-corrected chi connectivity index (χ1v) is 7.53. The van der Waals surface area contributed by atoms with Gasteiger partial charge in [0, 0.05) is 11.6 Å². The predicted molar refractivity (Wildman–Crippen MR) is 95.0 cm³/mol. The number of benzene rings is 2. The van der Waals surface area contributed by atoms with E-state index in [2.05, 4.69) is 46.0 Å². The number of aliphatic imine (C=N–C) groups is 1. The van der Waals surface area contributed by atoms with Crippen LogP contribution in [0, 0.1) is 0 Å². The van der Waals surface area contributed by atoms with Gasteiger partial charge in [0.15, 0.2) is 5.96 Å². The minimum atomic E-state index is 0. The molecule has 3 rings (SSSR count). The second-order valence-electron chi connectivity index (χ2n) is 5.10. The summed E-state index contributed by atoms with van der Waals surface area (Å²) in [4.78, 5) is 4.43. The molecule has 2 N–H and O–H groups in total. The van der Waals surface area contributed by atoms with Gasteiger partial charge in [0.05, 0.1) is 12.6 Å². The van der Waals surface area contributed by atoms with Crippen LogP contribution in [-0.2, 0) is 6.42 Å². The average molecular weight is 336 g/mol. The number of nitrogens with one attached hydrogen (secondary N) is 2. The molecule has 2 aromatic carbocycles. The minimum absolute atomic E-state index is 0. The SMILES string of the molecule is Cl.Clc1cccc(CC(NC2=NCCN2)c2ccccc2)c1. The van der Waals surface area contributed by atoms with Crippen LogP contribution in [0.15, 0.2) is 59.6 Å². The summed E-state index contributed by atoms with van der Waals surface area (Å²) in [7, 11) is 0. The monoisotopic (exact) mass is 335 g/mol. The molecule has 1 unspecified atom stereocenters. The van der Waals surface area contributed by atoms with E-state index in [9.17, 15) is 0 Å². The van der Waals surface area contributed by atoms with Crippen molar-refractivity contribution >= 4 is 30.0 Å². The van der Waals surface area contributed by atoms with Crippen LogP contribution in [0.1, 0.15) is 17.2 Å². The molecule has 1 heterocycles. The molecule has 0 aliphatic carbocycles. The number of guanidine groups is 1. The Balaban J connectivity index is 0.00000176. The molecule has 5 heteroatoms. The number of nitrogens with zero attached hydrogens (tertiary/aromatic N) is 1. The first-order valence-electron chi connectivity index (χ1n) is 7.15. The van der Waals surface area contributed by atoms with Gasteiger partial charge in [0.25, 0.3) is 0 Å². The molecule has 1 aliphatic heterocycles. The van der Waals surface area contributed by atoms with Crippen molar-refractivity contribution < 1.29 is 0 Å². The van der Waals surface area contributed by atoms with Gasteiger partial charge in [0.1, 0.15) is 0 Å². The third-order valence-electron chi connectivity index (χ3n) is 3.52. The second kappa shape index (κ2) is 8.06. The molecule has 3 nitrogen and oxygen atoms in total. The van der Waals surface area contributed by atoms with Crippen LogP contribution < -0.4 is 10.6 Å². The number of rotatable bonds is 4. The molecule has 0 amide bonds. The van der Waals surface area contributed by atoms with Gasteiger partial charge in [0.2, 0.25) is 0 Å². The Morgan fingerprint density at radius 3 is 2.64 bits per heavy atom. The van der Waals surface area contributed by atoms with Crippen LogP contribution in [0.3, 0.4) is 0 Å². The summed E-state index contributed by atoms with van der Waals surface area (Å²) < 4.78 is 0. The van der Waals surface area contributed by atoms with Crippen molar-refractivity contribution in [3.63, 3.8) is 0 Å². The van der Waals surface area contributed by atoms with Gasteiger partial charge in [-0.15, -0.1) is 12.4 Å². The topological polar surface area (TPSA) is 36.4 Å². The summed E-state index contributed by atoms with van der Waals surface area (Å²) in [5.41, 5.74) is 2.45. The fourth-order valence-corrected chi connectivity index (χ4v) is 2.71. The van der Waals surface area contributed by atoms with Crippen molar-refractivity contribution in [1.82, 2.24) is 10.6 Å². The molecule has 0 radical (unpaired) electrons. The lowest BCUT2D eigenvalue weighted by Gasteiger charge is -2.20. The van der Waals surface area contributed by atoms with Gasteiger partial charge in [-0.25, -0.2) is 0 Å². The summed E-state index contributed by atoms with van der Waals surface area (Å²) in [6, 6.07) is 18.6. The van der Waals surface area contributed by atoms with Crippen LogP contribution >= 0.6 is 24.0 Å². The highest BCUT2D eigenvalue weighted by atomic mass is 35.5. The van der Waals surface area contributed by atoms with Gasteiger partial charge in [-0.2, -0.15) is 0 Å². The molecular formula is C17H19Cl2N3. The smallest absolute Gasteiger partial charge is 0.191 e. The van der Waals surface area contributed by atoms with Crippen molar-refractivity contribution in [2.24, 2.45) is 4.99 Å². The molecule has 0 fully saturated rings. The Morgan fingerprint density at radius 2 is 1.95 bits per heavy atom. The Kier molecular flexibility index (Phi) is 6.10. The van der Waals surface area contributed by atoms with Gasteiger partial charge < -0.3 is 10.6 Å². The van der Waals surface area contributed by atoms with E-state index in [1.165, 1.54) is 11.1 Å². The Morgan fingerprint density at radius 1 is 1.14 bits per heavy atom. The van der Waals surface area contributed by atoms with Crippen molar-refractivity contribution in [2.45, 2.75) is 12.5 Å². The minimum Gasteiger partial charge on any atom is -0.355 e. The van der Waals surface area contributed by atoms with Gasteiger partial charge >= 0.3 is 0 Å². The predicted octanol–water partition coefficient (Wildman–Crippen LogP) is 3.59. The van der Waals surface area contributed by atoms with Crippen molar-refractivity contribution in [2.75, 3.05) is 13.1 Å². The average Bonchev–Trinajstić information content (AvgIpc) is 3.01. The zero-order valence-electron chi connectivity index (χ0n) is 12.1. The van der Waals surface area contributed by atoms with Gasteiger partial charge in [-0.1, -0.05) is 54.1 Å². The van der Waals surface area contributed by atoms with Crippen molar-refractivity contribution in [1.29, 1.82) is 0 Å². The quantitative estimate of drug-likeness (QED) is 0.895. The summed E-state index contributed by atoms with van der Waals surface area (Å²) in [6.07, 6.45) is 0.866. The Bertz CT molecular complexity index is 629. The van der Waals surface area contributed by atoms with Crippen LogP contribution in [0.2, 0.25) is 5.02 Å². The van der Waals surface area contributed by atoms with Gasteiger partial charge in [-0.05, 0) is 29.7 Å². The van der Waals surface area contributed by atoms with Crippen LogP contribution in [0.5, 0.6) is 0 Å². The van der Waals surface area contributed by atoms with E-state index in [0.29, 0.717) is 0 Å². The van der Waals surface area contributed by atoms with Crippen LogP contribution in [0.4, 0.5) is 0 Å². The first kappa shape index (κ1) is 16.7. The molecule has 2 aromatic rings. The molecule has 0 aromatic heterocycles. The fourth-order valence-electron chi connectivity index (χ4n) is 2.50. The lowest BCUT2D eigenvalue weighted by molar-refractivity contribution is 0.634. The second-order valence-corrected chi connectivity index (χ2v) is 5.54. The molecule has 0 saturated heterocycles. The van der Waals surface area contributed by atoms with Gasteiger partial charge in [-0.3, -0.25) is 4.99 Å². The lowest BCUT2D eigenvalue weighted by atomic mass is 9.99. The Labute approximate surface area is 142 Å². The van der Waals surface area contributed by atoms with E-state index in [4.69, 9.17) is 11.6 Å². The summed E-state index contributed by atoms with van der Waals surface area (Å²) in [5, 5.41) is 7.54. The molecule has 1 aliphatic rings. The van der Waals surface area contributed by atoms with Crippen molar-refractivity contribution in [3.05, 3.63) is 70.7 Å². The van der Waals surface area contributed by atoms with E-state index in [1.807, 2.05) is 24.3 Å². The molecule has 116 valence electrons. The highest BCUT2D eigenvalue weighted by Gasteiger charge is 2.15. The third kappa shape index (κ3) is 4.39. The number of hydrogen-bond acceptors (Lipinski definition) is 3. The molecule has 22 heavy (non-hydrogen) atoms. The molecule has 0 saturated carbocycles. The number of hydrogen-bond donors (Lipinski definition) is 2. The van der Waals surface area contributed by atoms with E-state index >= 15 is 0 Å². The van der Waals surface area contributed by atoms with E-state index in [-0.39, 0.29) is 18.4 Å². The van der Waals surface area contributed by atoms with Crippen molar-refractivity contribution in [3.8, 4) is 0 Å². The molecule has 0 spiro atoms. The molecule has 0 bridgehead atoms. The van der Waals surface area contributed by atoms with Crippen LogP contribution in [0.25, 0.3) is 0 Å².